The minimum Gasteiger partial charge on any atom is -0.309 e. The highest BCUT2D eigenvalue weighted by Crippen LogP contribution is 2.52. The lowest BCUT2D eigenvalue weighted by atomic mass is 9.82. The third kappa shape index (κ3) is 5.24. The summed E-state index contributed by atoms with van der Waals surface area (Å²) in [4.78, 5) is 4.28. The number of rotatable bonds is 8. The Kier molecular flexibility index (Phi) is 8.37. The fourth-order valence-electron chi connectivity index (χ4n) is 5.74. The van der Waals surface area contributed by atoms with E-state index in [1.807, 2.05) is 121 Å². The predicted molar refractivity (Wildman–Crippen MR) is 173 cm³/mol. The van der Waals surface area contributed by atoms with E-state index in [1.54, 1.807) is 0 Å². The zero-order valence-corrected chi connectivity index (χ0v) is 24.5. The lowest BCUT2D eigenvalue weighted by molar-refractivity contribution is 0.787. The Labute approximate surface area is 249 Å². The van der Waals surface area contributed by atoms with Crippen molar-refractivity contribution in [3.8, 4) is 12.1 Å². The van der Waals surface area contributed by atoms with Gasteiger partial charge in [0.05, 0.1) is 22.5 Å². The summed E-state index contributed by atoms with van der Waals surface area (Å²) in [7, 11) is 0. The average Bonchev–Trinajstić information content (AvgIpc) is 3.03. The quantitative estimate of drug-likeness (QED) is 0.194. The number of nitrogens with zero attached hydrogens (tertiary/aromatic N) is 4. The molecule has 4 nitrogen and oxygen atoms in total. The van der Waals surface area contributed by atoms with E-state index in [2.05, 4.69) is 49.6 Å². The molecule has 0 atom stereocenters. The molecule has 0 aromatic heterocycles. The fraction of sp³-hybridized carbons (Fsp3) is 0.158. The van der Waals surface area contributed by atoms with Crippen molar-refractivity contribution in [1.29, 1.82) is 10.5 Å². The smallest absolute Gasteiger partial charge is 0.103 e. The lowest BCUT2D eigenvalue weighted by Gasteiger charge is -2.37. The molecule has 0 aliphatic carbocycles. The summed E-state index contributed by atoms with van der Waals surface area (Å²) in [5.41, 5.74) is 8.07. The molecule has 5 aromatic rings. The van der Waals surface area contributed by atoms with E-state index >= 15 is 0 Å². The van der Waals surface area contributed by atoms with E-state index < -0.39 is 0 Å². The van der Waals surface area contributed by atoms with Crippen molar-refractivity contribution in [3.05, 3.63) is 144 Å². The van der Waals surface area contributed by atoms with E-state index in [1.165, 1.54) is 0 Å². The van der Waals surface area contributed by atoms with Gasteiger partial charge in [0.1, 0.15) is 12.1 Å². The summed E-state index contributed by atoms with van der Waals surface area (Å²) < 4.78 is 0. The molecule has 0 saturated heterocycles. The van der Waals surface area contributed by atoms with Gasteiger partial charge in [-0.3, -0.25) is 0 Å². The van der Waals surface area contributed by atoms with Crippen LogP contribution in [0.4, 0.5) is 34.1 Å². The van der Waals surface area contributed by atoms with Gasteiger partial charge < -0.3 is 9.80 Å². The van der Waals surface area contributed by atoms with Crippen LogP contribution in [0.1, 0.15) is 61.8 Å². The first-order valence-electron chi connectivity index (χ1n) is 14.3. The Hall–Kier alpha value is -5.32. The van der Waals surface area contributed by atoms with Crippen molar-refractivity contribution in [3.63, 3.8) is 0 Å². The van der Waals surface area contributed by atoms with Gasteiger partial charge >= 0.3 is 0 Å². The van der Waals surface area contributed by atoms with E-state index in [0.29, 0.717) is 11.1 Å². The zero-order chi connectivity index (χ0) is 29.6. The molecule has 0 heterocycles. The Balaban J connectivity index is 1.99. The molecular formula is C38H34N4. The van der Waals surface area contributed by atoms with Crippen LogP contribution in [0.2, 0.25) is 0 Å². The van der Waals surface area contributed by atoms with Crippen molar-refractivity contribution in [2.24, 2.45) is 0 Å². The summed E-state index contributed by atoms with van der Waals surface area (Å²) >= 11 is 0. The van der Waals surface area contributed by atoms with E-state index in [0.717, 1.165) is 45.3 Å². The van der Waals surface area contributed by atoms with E-state index in [9.17, 15) is 10.5 Å². The van der Waals surface area contributed by atoms with Crippen LogP contribution in [-0.4, -0.2) is 0 Å². The molecule has 206 valence electrons. The second-order valence-electron chi connectivity index (χ2n) is 10.8. The molecule has 0 bridgehead atoms. The van der Waals surface area contributed by atoms with Crippen LogP contribution in [0.25, 0.3) is 0 Å². The Morgan fingerprint density at radius 1 is 0.429 bits per heavy atom. The number of nitriles is 2. The maximum Gasteiger partial charge on any atom is 0.103 e. The summed E-state index contributed by atoms with van der Waals surface area (Å²) in [6, 6.07) is 45.4. The highest BCUT2D eigenvalue weighted by molar-refractivity contribution is 5.93. The van der Waals surface area contributed by atoms with Crippen molar-refractivity contribution in [1.82, 2.24) is 0 Å². The van der Waals surface area contributed by atoms with Crippen molar-refractivity contribution >= 4 is 34.1 Å². The topological polar surface area (TPSA) is 54.1 Å². The number of para-hydroxylation sites is 4. The third-order valence-electron chi connectivity index (χ3n) is 7.41. The molecule has 0 saturated carbocycles. The van der Waals surface area contributed by atoms with Crippen LogP contribution in [0.5, 0.6) is 0 Å². The molecule has 0 amide bonds. The van der Waals surface area contributed by atoms with Crippen molar-refractivity contribution < 1.29 is 0 Å². The van der Waals surface area contributed by atoms with Gasteiger partial charge in [-0.1, -0.05) is 100 Å². The molecule has 0 fully saturated rings. The molecule has 4 heteroatoms. The van der Waals surface area contributed by atoms with Gasteiger partial charge in [0.2, 0.25) is 0 Å². The minimum atomic E-state index is 0.0549. The molecule has 0 unspecified atom stereocenters. The van der Waals surface area contributed by atoms with Gasteiger partial charge in [-0.05, 0) is 71.5 Å². The molecular weight excluding hydrogens is 512 g/mol. The molecule has 0 aliphatic heterocycles. The van der Waals surface area contributed by atoms with Gasteiger partial charge in [0.15, 0.2) is 0 Å². The normalized spacial score (nSPS) is 10.8. The molecule has 0 N–H and O–H groups in total. The van der Waals surface area contributed by atoms with E-state index in [4.69, 9.17) is 0 Å². The van der Waals surface area contributed by atoms with E-state index in [-0.39, 0.29) is 11.8 Å². The number of hydrogen-bond acceptors (Lipinski definition) is 4. The summed E-state index contributed by atoms with van der Waals surface area (Å²) in [6.45, 7) is 8.69. The highest BCUT2D eigenvalue weighted by Gasteiger charge is 2.34. The van der Waals surface area contributed by atoms with Gasteiger partial charge in [0.25, 0.3) is 0 Å². The standard InChI is InChI=1S/C38H34N4/c1-27(2)35-36(28(3)4)38(42(31-21-13-7-14-22-31)32-23-15-8-16-24-32)34(26-40)33(25-39)37(35)41(29-17-9-5-10-18-29)30-19-11-6-12-20-30/h5-24,27-28H,1-4H3. The second-order valence-corrected chi connectivity index (χ2v) is 10.8. The summed E-state index contributed by atoms with van der Waals surface area (Å²) in [5, 5.41) is 21.8. The maximum absolute atomic E-state index is 10.9. The zero-order valence-electron chi connectivity index (χ0n) is 24.5. The average molecular weight is 547 g/mol. The molecule has 0 aliphatic rings. The number of benzene rings is 5. The van der Waals surface area contributed by atoms with Crippen molar-refractivity contribution in [2.45, 2.75) is 39.5 Å². The first kappa shape index (κ1) is 28.2. The first-order chi connectivity index (χ1) is 20.5. The van der Waals surface area contributed by atoms with Crippen LogP contribution < -0.4 is 9.80 Å². The number of hydrogen-bond donors (Lipinski definition) is 0. The second kappa shape index (κ2) is 12.5. The van der Waals surface area contributed by atoms with Gasteiger partial charge in [-0.25, -0.2) is 0 Å². The van der Waals surface area contributed by atoms with Crippen LogP contribution in [0.3, 0.4) is 0 Å². The summed E-state index contributed by atoms with van der Waals surface area (Å²) in [6.07, 6.45) is 0. The Bertz CT molecular complexity index is 1520. The lowest BCUT2D eigenvalue weighted by Crippen LogP contribution is -2.22. The largest absolute Gasteiger partial charge is 0.309 e. The molecule has 42 heavy (non-hydrogen) atoms. The summed E-state index contributed by atoms with van der Waals surface area (Å²) in [5.74, 6) is 0.110. The first-order valence-corrected chi connectivity index (χ1v) is 14.3. The predicted octanol–water partition coefficient (Wildman–Crippen LogP) is 10.6. The molecule has 0 spiro atoms. The van der Waals surface area contributed by atoms with Crippen LogP contribution >= 0.6 is 0 Å². The Morgan fingerprint density at radius 3 is 0.857 bits per heavy atom. The number of anilines is 6. The van der Waals surface area contributed by atoms with Crippen LogP contribution in [-0.2, 0) is 0 Å². The van der Waals surface area contributed by atoms with Gasteiger partial charge in [-0.2, -0.15) is 10.5 Å². The monoisotopic (exact) mass is 546 g/mol. The fourth-order valence-corrected chi connectivity index (χ4v) is 5.74. The molecule has 5 rings (SSSR count). The van der Waals surface area contributed by atoms with Gasteiger partial charge in [0, 0.05) is 22.7 Å². The maximum atomic E-state index is 10.9. The highest BCUT2D eigenvalue weighted by atomic mass is 15.2. The van der Waals surface area contributed by atoms with Crippen molar-refractivity contribution in [2.75, 3.05) is 9.80 Å². The Morgan fingerprint density at radius 2 is 0.667 bits per heavy atom. The minimum absolute atomic E-state index is 0.0549. The molecule has 5 aromatic carbocycles. The SMILES string of the molecule is CC(C)c1c(C(C)C)c(N(c2ccccc2)c2ccccc2)c(C#N)c(C#N)c1N(c1ccccc1)c1ccccc1. The van der Waals surface area contributed by atoms with Crippen LogP contribution in [0, 0.1) is 22.7 Å². The molecule has 0 radical (unpaired) electrons. The third-order valence-corrected chi connectivity index (χ3v) is 7.41. The van der Waals surface area contributed by atoms with Crippen LogP contribution in [0.15, 0.2) is 121 Å². The van der Waals surface area contributed by atoms with Gasteiger partial charge in [-0.15, -0.1) is 0 Å².